The van der Waals surface area contributed by atoms with Crippen LogP contribution in [0.1, 0.15) is 13.8 Å². The van der Waals surface area contributed by atoms with E-state index in [2.05, 4.69) is 5.32 Å². The molecule has 0 unspecified atom stereocenters. The molecule has 0 atom stereocenters. The van der Waals surface area contributed by atoms with Crippen LogP contribution in [0.25, 0.3) is 0 Å². The summed E-state index contributed by atoms with van der Waals surface area (Å²) in [4.78, 5) is 37.8. The molecule has 1 aliphatic rings. The lowest BCUT2D eigenvalue weighted by atomic mass is 9.88. The molecule has 19 heavy (non-hydrogen) atoms. The van der Waals surface area contributed by atoms with Crippen molar-refractivity contribution in [1.29, 1.82) is 0 Å². The summed E-state index contributed by atoms with van der Waals surface area (Å²) >= 11 is 1.57. The fourth-order valence-corrected chi connectivity index (χ4v) is 2.15. The zero-order valence-corrected chi connectivity index (χ0v) is 11.7. The zero-order valence-electron chi connectivity index (χ0n) is 10.9. The molecule has 1 heterocycles. The van der Waals surface area contributed by atoms with Gasteiger partial charge < -0.3 is 0 Å². The normalized spacial score (nSPS) is 18.5. The van der Waals surface area contributed by atoms with E-state index in [4.69, 9.17) is 0 Å². The van der Waals surface area contributed by atoms with Crippen molar-refractivity contribution < 1.29 is 14.4 Å². The lowest BCUT2D eigenvalue weighted by Gasteiger charge is -2.34. The Morgan fingerprint density at radius 1 is 1.11 bits per heavy atom. The highest BCUT2D eigenvalue weighted by Gasteiger charge is 2.47. The average molecular weight is 278 g/mol. The predicted octanol–water partition coefficient (Wildman–Crippen LogP) is 2.02. The molecular formula is C13H14N2O3S. The number of hydrogen-bond donors (Lipinski definition) is 1. The van der Waals surface area contributed by atoms with Gasteiger partial charge in [-0.15, -0.1) is 11.8 Å². The number of imide groups is 2. The van der Waals surface area contributed by atoms with Crippen molar-refractivity contribution in [3.63, 3.8) is 0 Å². The number of barbiturate groups is 1. The SMILES string of the molecule is CSc1ccc(N2C(=O)NC(=O)C(C)(C)C2=O)cc1. The summed E-state index contributed by atoms with van der Waals surface area (Å²) < 4.78 is 0. The molecule has 4 amide bonds. The van der Waals surface area contributed by atoms with Crippen molar-refractivity contribution in [3.8, 4) is 0 Å². The number of carbonyl (C=O) groups excluding carboxylic acids is 3. The van der Waals surface area contributed by atoms with Gasteiger partial charge in [-0.1, -0.05) is 0 Å². The summed E-state index contributed by atoms with van der Waals surface area (Å²) in [6, 6.07) is 6.32. The van der Waals surface area contributed by atoms with Gasteiger partial charge in [0.2, 0.25) is 11.8 Å². The molecule has 1 aromatic carbocycles. The Balaban J connectivity index is 2.39. The Bertz CT molecular complexity index is 552. The maximum atomic E-state index is 12.3. The van der Waals surface area contributed by atoms with Crippen LogP contribution in [0.15, 0.2) is 29.2 Å². The van der Waals surface area contributed by atoms with Gasteiger partial charge in [-0.3, -0.25) is 14.9 Å². The van der Waals surface area contributed by atoms with Crippen LogP contribution in [0.2, 0.25) is 0 Å². The molecule has 1 N–H and O–H groups in total. The van der Waals surface area contributed by atoms with Crippen LogP contribution < -0.4 is 10.2 Å². The summed E-state index contributed by atoms with van der Waals surface area (Å²) in [6.45, 7) is 3.00. The van der Waals surface area contributed by atoms with Gasteiger partial charge in [0.05, 0.1) is 5.69 Å². The van der Waals surface area contributed by atoms with Crippen LogP contribution in [0, 0.1) is 5.41 Å². The lowest BCUT2D eigenvalue weighted by Crippen LogP contribution is -2.62. The number of rotatable bonds is 2. The molecule has 100 valence electrons. The van der Waals surface area contributed by atoms with Crippen LogP contribution in [0.4, 0.5) is 10.5 Å². The molecule has 0 spiro atoms. The number of thioether (sulfide) groups is 1. The van der Waals surface area contributed by atoms with Gasteiger partial charge in [0.1, 0.15) is 5.41 Å². The number of benzene rings is 1. The molecule has 1 aliphatic heterocycles. The maximum Gasteiger partial charge on any atom is 0.335 e. The summed E-state index contributed by atoms with van der Waals surface area (Å²) in [5, 5.41) is 2.20. The minimum Gasteiger partial charge on any atom is -0.276 e. The second kappa shape index (κ2) is 4.70. The van der Waals surface area contributed by atoms with Gasteiger partial charge in [-0.2, -0.15) is 0 Å². The maximum absolute atomic E-state index is 12.3. The Labute approximate surface area is 115 Å². The van der Waals surface area contributed by atoms with E-state index in [-0.39, 0.29) is 0 Å². The van der Waals surface area contributed by atoms with E-state index < -0.39 is 23.3 Å². The van der Waals surface area contributed by atoms with E-state index >= 15 is 0 Å². The van der Waals surface area contributed by atoms with Crippen LogP contribution in [-0.2, 0) is 9.59 Å². The lowest BCUT2D eigenvalue weighted by molar-refractivity contribution is -0.140. The molecule has 0 aliphatic carbocycles. The standard InChI is InChI=1S/C13H14N2O3S/c1-13(2)10(16)14-12(18)15(11(13)17)8-4-6-9(19-3)7-5-8/h4-7H,1-3H3,(H,14,16,18). The van der Waals surface area contributed by atoms with E-state index in [0.29, 0.717) is 5.69 Å². The Kier molecular flexibility index (Phi) is 3.36. The summed E-state index contributed by atoms with van der Waals surface area (Å²) in [5.41, 5.74) is -0.785. The number of hydrogen-bond acceptors (Lipinski definition) is 4. The van der Waals surface area contributed by atoms with Crippen molar-refractivity contribution in [3.05, 3.63) is 24.3 Å². The largest absolute Gasteiger partial charge is 0.335 e. The Morgan fingerprint density at radius 3 is 2.21 bits per heavy atom. The third kappa shape index (κ3) is 2.23. The predicted molar refractivity (Wildman–Crippen MR) is 73.0 cm³/mol. The number of urea groups is 1. The summed E-state index contributed by atoms with van der Waals surface area (Å²) in [5.74, 6) is -1.09. The third-order valence-corrected chi connectivity index (χ3v) is 3.80. The van der Waals surface area contributed by atoms with Gasteiger partial charge in [-0.25, -0.2) is 9.69 Å². The zero-order chi connectivity index (χ0) is 14.2. The van der Waals surface area contributed by atoms with Crippen molar-refractivity contribution >= 4 is 35.3 Å². The van der Waals surface area contributed by atoms with E-state index in [1.165, 1.54) is 13.8 Å². The second-order valence-electron chi connectivity index (χ2n) is 4.72. The monoisotopic (exact) mass is 278 g/mol. The van der Waals surface area contributed by atoms with Crippen molar-refractivity contribution in [2.75, 3.05) is 11.2 Å². The van der Waals surface area contributed by atoms with Crippen LogP contribution in [-0.4, -0.2) is 24.1 Å². The van der Waals surface area contributed by atoms with Gasteiger partial charge in [0.25, 0.3) is 0 Å². The highest BCUT2D eigenvalue weighted by Crippen LogP contribution is 2.29. The molecule has 0 aromatic heterocycles. The van der Waals surface area contributed by atoms with E-state index in [9.17, 15) is 14.4 Å². The molecule has 0 bridgehead atoms. The first-order chi connectivity index (χ1) is 8.87. The van der Waals surface area contributed by atoms with E-state index in [1.807, 2.05) is 18.4 Å². The molecule has 1 aromatic rings. The van der Waals surface area contributed by atoms with Crippen LogP contribution in [0.3, 0.4) is 0 Å². The summed E-state index contributed by atoms with van der Waals surface area (Å²) in [6.07, 6.45) is 1.94. The first kappa shape index (κ1) is 13.6. The van der Waals surface area contributed by atoms with E-state index in [1.54, 1.807) is 23.9 Å². The number of anilines is 1. The molecule has 2 rings (SSSR count). The molecule has 6 heteroatoms. The number of amides is 4. The molecule has 0 saturated carbocycles. The van der Waals surface area contributed by atoms with E-state index in [0.717, 1.165) is 9.80 Å². The van der Waals surface area contributed by atoms with Crippen molar-refractivity contribution in [2.24, 2.45) is 5.41 Å². The van der Waals surface area contributed by atoms with Crippen molar-refractivity contribution in [1.82, 2.24) is 5.32 Å². The second-order valence-corrected chi connectivity index (χ2v) is 5.60. The number of nitrogens with one attached hydrogen (secondary N) is 1. The minimum atomic E-state index is -1.24. The molecule has 1 saturated heterocycles. The molecule has 5 nitrogen and oxygen atoms in total. The first-order valence-electron chi connectivity index (χ1n) is 5.72. The highest BCUT2D eigenvalue weighted by atomic mass is 32.2. The van der Waals surface area contributed by atoms with Gasteiger partial charge >= 0.3 is 6.03 Å². The Morgan fingerprint density at radius 2 is 1.68 bits per heavy atom. The quantitative estimate of drug-likeness (QED) is 0.664. The van der Waals surface area contributed by atoms with Gasteiger partial charge in [0.15, 0.2) is 0 Å². The van der Waals surface area contributed by atoms with Crippen molar-refractivity contribution in [2.45, 2.75) is 18.7 Å². The highest BCUT2D eigenvalue weighted by molar-refractivity contribution is 7.98. The fraction of sp³-hybridized carbons (Fsp3) is 0.308. The van der Waals surface area contributed by atoms with Gasteiger partial charge in [0, 0.05) is 4.90 Å². The topological polar surface area (TPSA) is 66.5 Å². The molecule has 1 fully saturated rings. The number of carbonyl (C=O) groups is 3. The number of nitrogens with zero attached hydrogens (tertiary/aromatic N) is 1. The van der Waals surface area contributed by atoms with Crippen LogP contribution >= 0.6 is 11.8 Å². The van der Waals surface area contributed by atoms with Crippen LogP contribution in [0.5, 0.6) is 0 Å². The average Bonchev–Trinajstić information content (AvgIpc) is 2.38. The Hall–Kier alpha value is -1.82. The molecular weight excluding hydrogens is 264 g/mol. The summed E-state index contributed by atoms with van der Waals surface area (Å²) in [7, 11) is 0. The molecule has 0 radical (unpaired) electrons. The smallest absolute Gasteiger partial charge is 0.276 e. The first-order valence-corrected chi connectivity index (χ1v) is 6.94. The van der Waals surface area contributed by atoms with Gasteiger partial charge in [-0.05, 0) is 44.4 Å². The third-order valence-electron chi connectivity index (χ3n) is 3.06. The minimum absolute atomic E-state index is 0.459. The fourth-order valence-electron chi connectivity index (χ4n) is 1.74.